The predicted octanol–water partition coefficient (Wildman–Crippen LogP) is -0.925. The molecule has 0 aromatic carbocycles. The molecule has 0 spiro atoms. The molecule has 0 unspecified atom stereocenters. The molecule has 2 fully saturated rings. The Labute approximate surface area is 237 Å². The number of carboxylic acids is 2. The Kier molecular flexibility index (Phi) is 7.55. The van der Waals surface area contributed by atoms with E-state index < -0.39 is 40.8 Å². The summed E-state index contributed by atoms with van der Waals surface area (Å²) < 4.78 is 0. The van der Waals surface area contributed by atoms with Crippen LogP contribution in [0.2, 0.25) is 0 Å². The van der Waals surface area contributed by atoms with Crippen LogP contribution in [0.4, 0.5) is 5.13 Å². The van der Waals surface area contributed by atoms with E-state index in [0.717, 1.165) is 32.8 Å². The minimum Gasteiger partial charge on any atom is -0.478 e. The third-order valence-electron chi connectivity index (χ3n) is 6.47. The summed E-state index contributed by atoms with van der Waals surface area (Å²) in [7, 11) is 0. The number of oxime groups is 1. The molecule has 20 heteroatoms. The summed E-state index contributed by atoms with van der Waals surface area (Å²) in [6, 6.07) is -1.07. The number of aromatic nitrogens is 5. The van der Waals surface area contributed by atoms with Gasteiger partial charge in [-0.3, -0.25) is 14.5 Å². The quantitative estimate of drug-likeness (QED) is 0.0716. The van der Waals surface area contributed by atoms with E-state index in [1.807, 2.05) is 0 Å². The Morgan fingerprint density at radius 2 is 2.05 bits per heavy atom. The highest BCUT2D eigenvalue weighted by Gasteiger charge is 2.54. The van der Waals surface area contributed by atoms with Crippen LogP contribution >= 0.6 is 34.9 Å². The second kappa shape index (κ2) is 10.9. The number of nitrogens with zero attached hydrogens (tertiary/aromatic N) is 7. The van der Waals surface area contributed by atoms with Crippen molar-refractivity contribution in [3.8, 4) is 0 Å². The normalized spacial score (nSPS) is 22.1. The lowest BCUT2D eigenvalue weighted by Crippen LogP contribution is -2.71. The molecule has 2 aliphatic heterocycles. The van der Waals surface area contributed by atoms with Gasteiger partial charge in [-0.15, -0.1) is 27.9 Å². The fourth-order valence-corrected chi connectivity index (χ4v) is 7.29. The van der Waals surface area contributed by atoms with Gasteiger partial charge in [0.05, 0.1) is 0 Å². The minimum absolute atomic E-state index is 0.0473. The van der Waals surface area contributed by atoms with Crippen LogP contribution < -0.4 is 16.9 Å². The van der Waals surface area contributed by atoms with Crippen LogP contribution in [0.5, 0.6) is 0 Å². The van der Waals surface area contributed by atoms with Gasteiger partial charge in [0.15, 0.2) is 10.8 Å². The van der Waals surface area contributed by atoms with Gasteiger partial charge in [0, 0.05) is 29.7 Å². The van der Waals surface area contributed by atoms with E-state index >= 15 is 0 Å². The third kappa shape index (κ3) is 5.04. The number of thiazole rings is 1. The van der Waals surface area contributed by atoms with Gasteiger partial charge in [-0.1, -0.05) is 22.0 Å². The van der Waals surface area contributed by atoms with Crippen molar-refractivity contribution in [1.29, 1.82) is 0 Å². The number of carbonyl (C=O) groups excluding carboxylic acids is 2. The molecule has 3 aliphatic rings. The van der Waals surface area contributed by atoms with E-state index in [1.54, 1.807) is 0 Å². The highest BCUT2D eigenvalue weighted by molar-refractivity contribution is 8.01. The van der Waals surface area contributed by atoms with E-state index in [-0.39, 0.29) is 51.7 Å². The topological polar surface area (TPSA) is 254 Å². The van der Waals surface area contributed by atoms with Gasteiger partial charge in [-0.05, 0) is 28.8 Å². The molecule has 2 amide bonds. The van der Waals surface area contributed by atoms with Crippen molar-refractivity contribution in [2.75, 3.05) is 23.1 Å². The summed E-state index contributed by atoms with van der Waals surface area (Å²) in [6.45, 7) is 0. The molecule has 2 atom stereocenters. The zero-order valence-electron chi connectivity index (χ0n) is 20.4. The van der Waals surface area contributed by atoms with E-state index in [0.29, 0.717) is 18.4 Å². The molecule has 17 nitrogen and oxygen atoms in total. The van der Waals surface area contributed by atoms with E-state index in [1.165, 1.54) is 17.1 Å². The molecule has 212 valence electrons. The monoisotopic (exact) mass is 610 g/mol. The maximum Gasteiger partial charge on any atom is 0.352 e. The summed E-state index contributed by atoms with van der Waals surface area (Å²) in [5.74, 6) is 2.06. The standard InChI is InChI=1S/C20H22N10O7S3/c21-18-23-9(7-39-18)10(26-37-20(17(35)36)3-1-2-4-20)13(31)24-11-14(32)29-12(16(33)34)8(5-38-15(11)29)6-40-19-25-27-28-30(19)22/h7,11,15H,1-6,22H2,(H2,21,23)(H,24,31)(H,33,34)(H,35,36)/t11-,15+/m1/s1. The molecule has 40 heavy (non-hydrogen) atoms. The lowest BCUT2D eigenvalue weighted by atomic mass is 10.0. The maximum atomic E-state index is 13.3. The predicted molar refractivity (Wildman–Crippen MR) is 141 cm³/mol. The first kappa shape index (κ1) is 27.6. The second-order valence-electron chi connectivity index (χ2n) is 8.92. The Morgan fingerprint density at radius 1 is 1.30 bits per heavy atom. The third-order valence-corrected chi connectivity index (χ3v) is 9.50. The first-order chi connectivity index (χ1) is 19.1. The zero-order valence-corrected chi connectivity index (χ0v) is 22.9. The SMILES string of the molecule is Nc1nc(C(=NOC2(C(=O)O)CCCC2)C(=O)N[C@@H]2C(=O)N3C(C(=O)O)=C(CSc4nnnn4N)CS[C@@H]23)cs1. The Hall–Kier alpha value is -3.91. The van der Waals surface area contributed by atoms with Crippen LogP contribution in [0, 0.1) is 0 Å². The number of β-lactam (4-membered cyclic amide) rings is 1. The average Bonchev–Trinajstić information content (AvgIpc) is 3.67. The number of hydrogen-bond donors (Lipinski definition) is 5. The van der Waals surface area contributed by atoms with Gasteiger partial charge in [-0.2, -0.15) is 0 Å². The molecular weight excluding hydrogens is 588 g/mol. The highest BCUT2D eigenvalue weighted by Crippen LogP contribution is 2.41. The number of amides is 2. The average molecular weight is 611 g/mol. The number of aliphatic carboxylic acids is 2. The number of nitrogen functional groups attached to an aromatic ring is 2. The van der Waals surface area contributed by atoms with Crippen molar-refractivity contribution >= 4 is 69.5 Å². The van der Waals surface area contributed by atoms with Gasteiger partial charge in [0.1, 0.15) is 22.8 Å². The molecule has 0 radical (unpaired) electrons. The summed E-state index contributed by atoms with van der Waals surface area (Å²) in [5.41, 5.74) is 4.12. The van der Waals surface area contributed by atoms with Crippen molar-refractivity contribution in [3.05, 3.63) is 22.3 Å². The summed E-state index contributed by atoms with van der Waals surface area (Å²) in [5, 5.41) is 37.9. The molecule has 2 aromatic heterocycles. The fourth-order valence-electron chi connectivity index (χ4n) is 4.46. The lowest BCUT2D eigenvalue weighted by molar-refractivity contribution is -0.165. The minimum atomic E-state index is -1.57. The summed E-state index contributed by atoms with van der Waals surface area (Å²) in [4.78, 5) is 62.0. The molecule has 7 N–H and O–H groups in total. The molecule has 1 saturated carbocycles. The number of carboxylic acid groups (broad SMARTS) is 2. The summed E-state index contributed by atoms with van der Waals surface area (Å²) in [6.07, 6.45) is 1.70. The van der Waals surface area contributed by atoms with Crippen LogP contribution in [0.15, 0.2) is 27.0 Å². The van der Waals surface area contributed by atoms with Gasteiger partial charge in [-0.25, -0.2) is 14.6 Å². The second-order valence-corrected chi connectivity index (χ2v) is 11.9. The number of nitrogens with one attached hydrogen (secondary N) is 1. The van der Waals surface area contributed by atoms with Crippen molar-refractivity contribution in [2.24, 2.45) is 5.16 Å². The molecule has 2 aromatic rings. The van der Waals surface area contributed by atoms with Crippen molar-refractivity contribution in [1.82, 2.24) is 35.5 Å². The first-order valence-corrected chi connectivity index (χ1v) is 14.6. The number of fused-ring (bicyclic) bond motifs is 1. The lowest BCUT2D eigenvalue weighted by Gasteiger charge is -2.49. The summed E-state index contributed by atoms with van der Waals surface area (Å²) >= 11 is 3.42. The molecule has 5 rings (SSSR count). The van der Waals surface area contributed by atoms with Crippen molar-refractivity contribution in [2.45, 2.75) is 47.9 Å². The van der Waals surface area contributed by atoms with Crippen LogP contribution in [-0.4, -0.2) is 98.4 Å². The number of rotatable bonds is 10. The maximum absolute atomic E-state index is 13.3. The number of anilines is 1. The molecule has 1 aliphatic carbocycles. The van der Waals surface area contributed by atoms with E-state index in [2.05, 4.69) is 31.0 Å². The number of thioether (sulfide) groups is 2. The highest BCUT2D eigenvalue weighted by atomic mass is 32.2. The van der Waals surface area contributed by atoms with Gasteiger partial charge in [0.2, 0.25) is 10.8 Å². The van der Waals surface area contributed by atoms with Crippen LogP contribution in [0.1, 0.15) is 31.4 Å². The number of carbonyl (C=O) groups is 4. The zero-order chi connectivity index (χ0) is 28.6. The van der Waals surface area contributed by atoms with Crippen LogP contribution in [0.3, 0.4) is 0 Å². The largest absolute Gasteiger partial charge is 0.478 e. The van der Waals surface area contributed by atoms with Crippen molar-refractivity contribution in [3.63, 3.8) is 0 Å². The fraction of sp³-hybridized carbons (Fsp3) is 0.450. The smallest absolute Gasteiger partial charge is 0.352 e. The number of nitrogens with two attached hydrogens (primary N) is 2. The van der Waals surface area contributed by atoms with Crippen LogP contribution in [0.25, 0.3) is 0 Å². The Morgan fingerprint density at radius 3 is 2.65 bits per heavy atom. The van der Waals surface area contributed by atoms with Crippen LogP contribution in [-0.2, 0) is 24.0 Å². The van der Waals surface area contributed by atoms with Crippen molar-refractivity contribution < 1.29 is 34.2 Å². The van der Waals surface area contributed by atoms with Gasteiger partial charge >= 0.3 is 11.9 Å². The Balaban J connectivity index is 1.34. The van der Waals surface area contributed by atoms with Gasteiger partial charge < -0.3 is 31.9 Å². The molecule has 0 bridgehead atoms. The molecular formula is C20H22N10O7S3. The van der Waals surface area contributed by atoms with E-state index in [4.69, 9.17) is 16.4 Å². The molecule has 1 saturated heterocycles. The molecule has 4 heterocycles. The number of hydrogen-bond acceptors (Lipinski definition) is 15. The first-order valence-electron chi connectivity index (χ1n) is 11.7. The van der Waals surface area contributed by atoms with Gasteiger partial charge in [0.25, 0.3) is 11.8 Å². The van der Waals surface area contributed by atoms with E-state index in [9.17, 15) is 29.4 Å². The number of tetrazole rings is 1. The Bertz CT molecular complexity index is 1430.